The van der Waals surface area contributed by atoms with E-state index in [9.17, 15) is 29.2 Å². The molecule has 0 aromatic heterocycles. The van der Waals surface area contributed by atoms with Crippen molar-refractivity contribution in [3.05, 3.63) is 57.4 Å². The topological polar surface area (TPSA) is 119 Å². The second-order valence-corrected chi connectivity index (χ2v) is 5.61. The molecule has 2 aromatic rings. The van der Waals surface area contributed by atoms with Crippen LogP contribution in [0.2, 0.25) is 0 Å². The van der Waals surface area contributed by atoms with Crippen molar-refractivity contribution in [1.82, 2.24) is 0 Å². The molecule has 1 heterocycles. The summed E-state index contributed by atoms with van der Waals surface area (Å²) in [6.07, 6.45) is 0. The number of hydrogen-bond acceptors (Lipinski definition) is 6. The number of benzene rings is 2. The highest BCUT2D eigenvalue weighted by atomic mass is 19.1. The van der Waals surface area contributed by atoms with E-state index in [0.29, 0.717) is 11.3 Å². The molecule has 0 aliphatic carbocycles. The van der Waals surface area contributed by atoms with Crippen LogP contribution >= 0.6 is 0 Å². The predicted molar refractivity (Wildman–Crippen MR) is 89.7 cm³/mol. The summed E-state index contributed by atoms with van der Waals surface area (Å²) in [6, 6.07) is 7.49. The Kier molecular flexibility index (Phi) is 4.63. The van der Waals surface area contributed by atoms with Gasteiger partial charge in [-0.2, -0.15) is 4.39 Å². The van der Waals surface area contributed by atoms with Crippen LogP contribution in [0.25, 0.3) is 0 Å². The van der Waals surface area contributed by atoms with E-state index in [1.165, 1.54) is 7.11 Å². The number of halogens is 1. The van der Waals surface area contributed by atoms with Gasteiger partial charge in [0.15, 0.2) is 12.4 Å². The lowest BCUT2D eigenvalue weighted by Crippen LogP contribution is -2.39. The minimum Gasteiger partial charge on any atom is -0.497 e. The van der Waals surface area contributed by atoms with Gasteiger partial charge in [-0.1, -0.05) is 12.1 Å². The third kappa shape index (κ3) is 3.24. The first-order chi connectivity index (χ1) is 12.8. The Morgan fingerprint density at radius 1 is 1.41 bits per heavy atom. The Morgan fingerprint density at radius 2 is 2.07 bits per heavy atom. The number of amides is 1. The van der Waals surface area contributed by atoms with E-state index in [2.05, 4.69) is 0 Å². The maximum absolute atomic E-state index is 14.3. The Labute approximate surface area is 151 Å². The Hall–Kier alpha value is -3.69. The van der Waals surface area contributed by atoms with Crippen LogP contribution in [0, 0.1) is 15.9 Å². The van der Waals surface area contributed by atoms with Crippen molar-refractivity contribution < 1.29 is 33.5 Å². The number of aromatic carboxylic acids is 1. The van der Waals surface area contributed by atoms with Crippen LogP contribution in [-0.4, -0.2) is 35.6 Å². The number of carbonyl (C=O) groups is 2. The second-order valence-electron chi connectivity index (χ2n) is 5.61. The van der Waals surface area contributed by atoms with Crippen molar-refractivity contribution in [2.75, 3.05) is 18.6 Å². The minimum absolute atomic E-state index is 0.0129. The molecule has 0 unspecified atom stereocenters. The van der Waals surface area contributed by atoms with Crippen molar-refractivity contribution >= 4 is 23.3 Å². The van der Waals surface area contributed by atoms with Gasteiger partial charge in [0, 0.05) is 6.07 Å². The fourth-order valence-electron chi connectivity index (χ4n) is 2.72. The number of carbonyl (C=O) groups excluding carboxylic acids is 1. The average Bonchev–Trinajstić information content (AvgIpc) is 2.63. The maximum atomic E-state index is 14.3. The Bertz CT molecular complexity index is 943. The largest absolute Gasteiger partial charge is 0.497 e. The molecule has 0 saturated carbocycles. The molecule has 27 heavy (non-hydrogen) atoms. The molecule has 10 heteroatoms. The van der Waals surface area contributed by atoms with E-state index < -0.39 is 46.2 Å². The smallest absolute Gasteiger partial charge is 0.342 e. The molecule has 0 saturated heterocycles. The van der Waals surface area contributed by atoms with Crippen LogP contribution in [0.4, 0.5) is 15.8 Å². The quantitative estimate of drug-likeness (QED) is 0.628. The van der Waals surface area contributed by atoms with Crippen molar-refractivity contribution in [2.45, 2.75) is 6.54 Å². The van der Waals surface area contributed by atoms with E-state index >= 15 is 0 Å². The van der Waals surface area contributed by atoms with Gasteiger partial charge in [0.25, 0.3) is 5.91 Å². The number of methoxy groups -OCH3 is 1. The molecule has 2 aromatic carbocycles. The second kappa shape index (κ2) is 6.90. The van der Waals surface area contributed by atoms with Crippen LogP contribution in [0.3, 0.4) is 0 Å². The summed E-state index contributed by atoms with van der Waals surface area (Å²) in [6.45, 7) is -0.526. The summed E-state index contributed by atoms with van der Waals surface area (Å²) in [5, 5.41) is 20.4. The predicted octanol–water partition coefficient (Wildman–Crippen LogP) is 2.37. The fraction of sp³-hybridized carbons (Fsp3) is 0.176. The number of nitro groups is 1. The van der Waals surface area contributed by atoms with E-state index in [4.69, 9.17) is 9.47 Å². The summed E-state index contributed by atoms with van der Waals surface area (Å²) < 4.78 is 24.4. The van der Waals surface area contributed by atoms with Gasteiger partial charge in [0.05, 0.1) is 24.3 Å². The molecule has 140 valence electrons. The number of nitrogens with zero attached hydrogens (tertiary/aromatic N) is 2. The van der Waals surface area contributed by atoms with Crippen molar-refractivity contribution in [1.29, 1.82) is 0 Å². The zero-order chi connectivity index (χ0) is 19.7. The molecule has 0 fully saturated rings. The first-order valence-electron chi connectivity index (χ1n) is 7.63. The zero-order valence-corrected chi connectivity index (χ0v) is 14.0. The molecule has 9 nitrogen and oxygen atoms in total. The summed E-state index contributed by atoms with van der Waals surface area (Å²) in [5.74, 6) is -3.62. The molecule has 0 radical (unpaired) electrons. The van der Waals surface area contributed by atoms with Crippen molar-refractivity contribution in [3.63, 3.8) is 0 Å². The van der Waals surface area contributed by atoms with E-state index in [0.717, 1.165) is 11.0 Å². The van der Waals surface area contributed by atoms with Crippen LogP contribution in [0.15, 0.2) is 30.3 Å². The molecule has 0 atom stereocenters. The molecule has 0 bridgehead atoms. The van der Waals surface area contributed by atoms with Gasteiger partial charge in [-0.3, -0.25) is 14.9 Å². The number of nitro benzene ring substituents is 1. The summed E-state index contributed by atoms with van der Waals surface area (Å²) in [7, 11) is 1.50. The third-order valence-electron chi connectivity index (χ3n) is 4.02. The molecule has 1 aliphatic heterocycles. The normalized spacial score (nSPS) is 13.0. The highest BCUT2D eigenvalue weighted by Crippen LogP contribution is 2.41. The third-order valence-corrected chi connectivity index (χ3v) is 4.02. The number of anilines is 1. The van der Waals surface area contributed by atoms with Gasteiger partial charge >= 0.3 is 11.7 Å². The van der Waals surface area contributed by atoms with Crippen LogP contribution in [-0.2, 0) is 11.3 Å². The molecular formula is C17H13FN2O7. The number of hydrogen-bond donors (Lipinski definition) is 1. The standard InChI is InChI=1S/C17H13FN2O7/c1-26-10-4-2-9(3-5-10)7-19-12-6-11(20(24)25)15(18)14(17(22)23)16(12)27-8-13(19)21/h2-6H,7-8H2,1H3,(H,22,23). The minimum atomic E-state index is -1.73. The SMILES string of the molecule is COc1ccc(CN2C(=O)COc3c2cc([N+](=O)[O-])c(F)c3C(=O)O)cc1. The Balaban J connectivity index is 2.11. The van der Waals surface area contributed by atoms with Crippen molar-refractivity contribution in [3.8, 4) is 11.5 Å². The fourth-order valence-corrected chi connectivity index (χ4v) is 2.72. The first kappa shape index (κ1) is 18.1. The van der Waals surface area contributed by atoms with Crippen LogP contribution in [0.5, 0.6) is 11.5 Å². The van der Waals surface area contributed by atoms with Gasteiger partial charge in [0.2, 0.25) is 5.82 Å². The average molecular weight is 376 g/mol. The van der Waals surface area contributed by atoms with Gasteiger partial charge in [0.1, 0.15) is 11.3 Å². The van der Waals surface area contributed by atoms with Gasteiger partial charge in [-0.15, -0.1) is 0 Å². The highest BCUT2D eigenvalue weighted by Gasteiger charge is 2.36. The number of rotatable bonds is 5. The highest BCUT2D eigenvalue weighted by molar-refractivity contribution is 6.03. The zero-order valence-electron chi connectivity index (χ0n) is 14.0. The summed E-state index contributed by atoms with van der Waals surface area (Å²) in [5.41, 5.74) is -1.55. The molecular weight excluding hydrogens is 363 g/mol. The molecule has 0 spiro atoms. The number of carboxylic acid groups (broad SMARTS) is 1. The molecule has 3 rings (SSSR count). The maximum Gasteiger partial charge on any atom is 0.342 e. The van der Waals surface area contributed by atoms with Crippen LogP contribution in [0.1, 0.15) is 15.9 Å². The number of carboxylic acids is 1. The van der Waals surface area contributed by atoms with E-state index in [1.54, 1.807) is 24.3 Å². The Morgan fingerprint density at radius 3 is 2.63 bits per heavy atom. The number of fused-ring (bicyclic) bond motifs is 1. The summed E-state index contributed by atoms with van der Waals surface area (Å²) in [4.78, 5) is 34.9. The van der Waals surface area contributed by atoms with Crippen LogP contribution < -0.4 is 14.4 Å². The lowest BCUT2D eigenvalue weighted by Gasteiger charge is -2.30. The lowest BCUT2D eigenvalue weighted by molar-refractivity contribution is -0.387. The lowest BCUT2D eigenvalue weighted by atomic mass is 10.1. The molecule has 1 amide bonds. The monoisotopic (exact) mass is 376 g/mol. The van der Waals surface area contributed by atoms with E-state index in [-0.39, 0.29) is 12.2 Å². The van der Waals surface area contributed by atoms with E-state index in [1.807, 2.05) is 0 Å². The molecule has 1 N–H and O–H groups in total. The van der Waals surface area contributed by atoms with Gasteiger partial charge in [-0.05, 0) is 17.7 Å². The van der Waals surface area contributed by atoms with Crippen molar-refractivity contribution in [2.24, 2.45) is 0 Å². The first-order valence-corrected chi connectivity index (χ1v) is 7.63. The van der Waals surface area contributed by atoms with Gasteiger partial charge in [-0.25, -0.2) is 4.79 Å². The number of ether oxygens (including phenoxy) is 2. The molecule has 1 aliphatic rings. The summed E-state index contributed by atoms with van der Waals surface area (Å²) >= 11 is 0. The van der Waals surface area contributed by atoms with Gasteiger partial charge < -0.3 is 19.5 Å².